The molecule has 4 rings (SSSR count). The van der Waals surface area contributed by atoms with Crippen LogP contribution in [0.15, 0.2) is 66.7 Å². The highest BCUT2D eigenvalue weighted by molar-refractivity contribution is 5.92. The van der Waals surface area contributed by atoms with Gasteiger partial charge in [0.2, 0.25) is 0 Å². The number of methoxy groups -OCH3 is 1. The zero-order valence-corrected chi connectivity index (χ0v) is 17.2. The van der Waals surface area contributed by atoms with Crippen molar-refractivity contribution in [2.24, 2.45) is 0 Å². The summed E-state index contributed by atoms with van der Waals surface area (Å²) in [5.41, 5.74) is 10.5. The largest absolute Gasteiger partial charge is 0.497 e. The van der Waals surface area contributed by atoms with Gasteiger partial charge in [-0.05, 0) is 53.9 Å². The Morgan fingerprint density at radius 2 is 1.67 bits per heavy atom. The molecule has 3 aromatic rings. The smallest absolute Gasteiger partial charge is 0.355 e. The van der Waals surface area contributed by atoms with E-state index >= 15 is 0 Å². The van der Waals surface area contributed by atoms with E-state index in [4.69, 9.17) is 9.47 Å². The number of ether oxygens (including phenoxy) is 2. The fraction of sp³-hybridized carbons (Fsp3) is 0.174. The molecule has 0 bridgehead atoms. The van der Waals surface area contributed by atoms with Gasteiger partial charge in [-0.15, -0.1) is 11.1 Å². The maximum absolute atomic E-state index is 12.4. The van der Waals surface area contributed by atoms with Crippen LogP contribution in [0.4, 0.5) is 10.5 Å². The Kier molecular flexibility index (Phi) is 5.56. The Morgan fingerprint density at radius 3 is 2.37 bits per heavy atom. The molecule has 0 unspecified atom stereocenters. The van der Waals surface area contributed by atoms with Crippen molar-refractivity contribution in [3.05, 3.63) is 77.9 Å². The van der Waals surface area contributed by atoms with Crippen molar-refractivity contribution in [3.8, 4) is 22.6 Å². The predicted molar refractivity (Wildman–Crippen MR) is 116 cm³/mol. The lowest BCUT2D eigenvalue weighted by molar-refractivity contribution is 0.214. The summed E-state index contributed by atoms with van der Waals surface area (Å²) in [4.78, 5) is 12.4. The molecule has 1 aliphatic rings. The van der Waals surface area contributed by atoms with Gasteiger partial charge in [0.1, 0.15) is 18.1 Å². The van der Waals surface area contributed by atoms with Crippen LogP contribution in [-0.4, -0.2) is 25.2 Å². The van der Waals surface area contributed by atoms with Gasteiger partial charge in [-0.3, -0.25) is 0 Å². The number of hydrazine groups is 3. The van der Waals surface area contributed by atoms with E-state index in [2.05, 4.69) is 11.1 Å². The minimum atomic E-state index is -0.191. The maximum atomic E-state index is 12.4. The average Bonchev–Trinajstić information content (AvgIpc) is 3.11. The Labute approximate surface area is 175 Å². The molecule has 2 N–H and O–H groups in total. The quantitative estimate of drug-likeness (QED) is 0.649. The zero-order chi connectivity index (χ0) is 21.1. The molecule has 1 fully saturated rings. The van der Waals surface area contributed by atoms with Crippen LogP contribution in [0.3, 0.4) is 0 Å². The second kappa shape index (κ2) is 8.44. The molecule has 1 aliphatic heterocycles. The number of aryl methyl sites for hydroxylation is 1. The van der Waals surface area contributed by atoms with Crippen LogP contribution in [0.25, 0.3) is 11.1 Å². The number of benzene rings is 3. The van der Waals surface area contributed by atoms with Crippen molar-refractivity contribution in [1.82, 2.24) is 16.1 Å². The summed E-state index contributed by atoms with van der Waals surface area (Å²) in [6.45, 7) is 2.34. The van der Waals surface area contributed by atoms with Gasteiger partial charge in [0.15, 0.2) is 0 Å². The monoisotopic (exact) mass is 404 g/mol. The predicted octanol–water partition coefficient (Wildman–Crippen LogP) is 4.05. The molecule has 0 atom stereocenters. The van der Waals surface area contributed by atoms with Crippen LogP contribution in [0, 0.1) is 6.92 Å². The lowest BCUT2D eigenvalue weighted by atomic mass is 10.1. The Hall–Kier alpha value is -3.55. The number of carbonyl (C=O) groups is 1. The highest BCUT2D eigenvalue weighted by atomic mass is 16.5. The van der Waals surface area contributed by atoms with Gasteiger partial charge in [-0.25, -0.2) is 14.8 Å². The summed E-state index contributed by atoms with van der Waals surface area (Å²) in [6, 6.07) is 21.5. The first-order valence-corrected chi connectivity index (χ1v) is 9.61. The van der Waals surface area contributed by atoms with E-state index in [0.717, 1.165) is 39.4 Å². The van der Waals surface area contributed by atoms with Crippen molar-refractivity contribution in [3.63, 3.8) is 0 Å². The molecule has 30 heavy (non-hydrogen) atoms. The van der Waals surface area contributed by atoms with E-state index in [0.29, 0.717) is 6.61 Å². The lowest BCUT2D eigenvalue weighted by Gasteiger charge is -2.20. The van der Waals surface area contributed by atoms with Gasteiger partial charge in [-0.1, -0.05) is 36.4 Å². The van der Waals surface area contributed by atoms with E-state index in [1.54, 1.807) is 14.2 Å². The molecule has 2 amide bonds. The van der Waals surface area contributed by atoms with E-state index in [1.165, 1.54) is 10.0 Å². The highest BCUT2D eigenvalue weighted by Crippen LogP contribution is 2.29. The molecule has 3 aromatic carbocycles. The molecule has 7 heteroatoms. The van der Waals surface area contributed by atoms with Gasteiger partial charge in [-0.2, -0.15) is 0 Å². The molecule has 0 aliphatic carbocycles. The first-order valence-electron chi connectivity index (χ1n) is 9.61. The average molecular weight is 404 g/mol. The molecule has 0 aromatic heterocycles. The molecular weight excluding hydrogens is 380 g/mol. The minimum Gasteiger partial charge on any atom is -0.497 e. The van der Waals surface area contributed by atoms with E-state index in [-0.39, 0.29) is 6.03 Å². The van der Waals surface area contributed by atoms with Gasteiger partial charge >= 0.3 is 6.03 Å². The number of rotatable bonds is 6. The lowest BCUT2D eigenvalue weighted by Crippen LogP contribution is -2.38. The van der Waals surface area contributed by atoms with Crippen LogP contribution in [0.2, 0.25) is 0 Å². The normalized spacial score (nSPS) is 13.6. The number of amides is 2. The summed E-state index contributed by atoms with van der Waals surface area (Å²) in [7, 11) is 3.31. The fourth-order valence-electron chi connectivity index (χ4n) is 3.32. The molecule has 0 spiro atoms. The SMILES string of the molecule is COc1ccc(-c2cccc(OCc3c(C)cccc3N3NNN(C)C3=O)c2)cc1. The third kappa shape index (κ3) is 3.94. The third-order valence-electron chi connectivity index (χ3n) is 5.07. The molecule has 1 saturated heterocycles. The molecular formula is C23H24N4O3. The second-order valence-electron chi connectivity index (χ2n) is 7.02. The summed E-state index contributed by atoms with van der Waals surface area (Å²) >= 11 is 0. The van der Waals surface area contributed by atoms with Crippen LogP contribution in [-0.2, 0) is 6.61 Å². The van der Waals surface area contributed by atoms with Gasteiger partial charge in [0.25, 0.3) is 0 Å². The number of nitrogens with zero attached hydrogens (tertiary/aromatic N) is 2. The van der Waals surface area contributed by atoms with Crippen molar-refractivity contribution in [2.45, 2.75) is 13.5 Å². The van der Waals surface area contributed by atoms with Crippen LogP contribution in [0.5, 0.6) is 11.5 Å². The third-order valence-corrected chi connectivity index (χ3v) is 5.07. The van der Waals surface area contributed by atoms with Gasteiger partial charge in [0.05, 0.1) is 12.8 Å². The van der Waals surface area contributed by atoms with Crippen molar-refractivity contribution in [1.29, 1.82) is 0 Å². The second-order valence-corrected chi connectivity index (χ2v) is 7.02. The van der Waals surface area contributed by atoms with Crippen LogP contribution >= 0.6 is 0 Å². The first-order chi connectivity index (χ1) is 14.6. The standard InChI is InChI=1S/C23H24N4O3/c1-16-6-4-9-22(27-23(28)26(2)24-25-27)21(16)15-30-20-8-5-7-18(14-20)17-10-12-19(29-3)13-11-17/h4-14,24-25H,15H2,1-3H3. The minimum absolute atomic E-state index is 0.191. The van der Waals surface area contributed by atoms with Gasteiger partial charge in [0, 0.05) is 12.6 Å². The van der Waals surface area contributed by atoms with E-state index < -0.39 is 0 Å². The number of nitrogens with one attached hydrogen (secondary N) is 2. The topological polar surface area (TPSA) is 66.1 Å². The number of hydrogen-bond donors (Lipinski definition) is 2. The van der Waals surface area contributed by atoms with Crippen LogP contribution in [0.1, 0.15) is 11.1 Å². The maximum Gasteiger partial charge on any atom is 0.355 e. The van der Waals surface area contributed by atoms with Crippen molar-refractivity contribution in [2.75, 3.05) is 19.2 Å². The highest BCUT2D eigenvalue weighted by Gasteiger charge is 2.28. The molecule has 1 heterocycles. The van der Waals surface area contributed by atoms with Crippen molar-refractivity contribution >= 4 is 11.7 Å². The zero-order valence-electron chi connectivity index (χ0n) is 17.2. The molecule has 154 valence electrons. The fourth-order valence-corrected chi connectivity index (χ4v) is 3.32. The van der Waals surface area contributed by atoms with Crippen molar-refractivity contribution < 1.29 is 14.3 Å². The van der Waals surface area contributed by atoms with E-state index in [9.17, 15) is 4.79 Å². The number of hydrogen-bond acceptors (Lipinski definition) is 5. The number of anilines is 1. The molecule has 0 saturated carbocycles. The number of carbonyl (C=O) groups excluding carboxylic acids is 1. The summed E-state index contributed by atoms with van der Waals surface area (Å²) < 4.78 is 11.3. The summed E-state index contributed by atoms with van der Waals surface area (Å²) in [5, 5.41) is 2.85. The molecule has 0 radical (unpaired) electrons. The summed E-state index contributed by atoms with van der Waals surface area (Å²) in [5.74, 6) is 1.58. The Bertz CT molecular complexity index is 1050. The van der Waals surface area contributed by atoms with Crippen LogP contribution < -0.4 is 25.6 Å². The van der Waals surface area contributed by atoms with Gasteiger partial charge < -0.3 is 9.47 Å². The first kappa shape index (κ1) is 19.8. The Morgan fingerprint density at radius 1 is 0.900 bits per heavy atom. The van der Waals surface area contributed by atoms with E-state index in [1.807, 2.05) is 73.7 Å². The number of urea groups is 1. The molecule has 7 nitrogen and oxygen atoms in total. The Balaban J connectivity index is 1.55. The summed E-state index contributed by atoms with van der Waals surface area (Å²) in [6.07, 6.45) is 0.